The van der Waals surface area contributed by atoms with Crippen LogP contribution in [0.1, 0.15) is 82.6 Å². The maximum Gasteiger partial charge on any atom is 0.408 e. The number of alkyl carbamates (subject to hydrolysis) is 1. The van der Waals surface area contributed by atoms with Gasteiger partial charge in [0.2, 0.25) is 0 Å². The van der Waals surface area contributed by atoms with Crippen LogP contribution >= 0.6 is 0 Å². The van der Waals surface area contributed by atoms with Crippen molar-refractivity contribution in [1.82, 2.24) is 10.6 Å². The first-order valence-corrected chi connectivity index (χ1v) is 12.5. The molecule has 190 valence electrons. The monoisotopic (exact) mass is 476 g/mol. The molecule has 0 aromatic heterocycles. The van der Waals surface area contributed by atoms with Crippen molar-refractivity contribution >= 4 is 18.0 Å². The molecule has 8 heteroatoms. The molecule has 1 aromatic carbocycles. The van der Waals surface area contributed by atoms with E-state index in [0.29, 0.717) is 0 Å². The van der Waals surface area contributed by atoms with Crippen molar-refractivity contribution in [3.8, 4) is 0 Å². The summed E-state index contributed by atoms with van der Waals surface area (Å²) in [5.41, 5.74) is 0.786. The minimum atomic E-state index is -1.24. The maximum atomic E-state index is 11.5. The summed E-state index contributed by atoms with van der Waals surface area (Å²) in [4.78, 5) is 33.5. The first kappa shape index (κ1) is 27.6. The van der Waals surface area contributed by atoms with Crippen LogP contribution in [0.5, 0.6) is 0 Å². The van der Waals surface area contributed by atoms with E-state index in [-0.39, 0.29) is 19.4 Å². The van der Waals surface area contributed by atoms with E-state index in [1.54, 1.807) is 24.3 Å². The third-order valence-electron chi connectivity index (χ3n) is 6.35. The lowest BCUT2D eigenvalue weighted by Gasteiger charge is -2.30. The second kappa shape index (κ2) is 16.1. The van der Waals surface area contributed by atoms with Gasteiger partial charge >= 0.3 is 18.0 Å². The Morgan fingerprint density at radius 1 is 0.941 bits per heavy atom. The third-order valence-corrected chi connectivity index (χ3v) is 6.35. The van der Waals surface area contributed by atoms with E-state index in [0.717, 1.165) is 17.6 Å². The number of nitrogens with one attached hydrogen (secondary N) is 2. The van der Waals surface area contributed by atoms with Crippen LogP contribution < -0.4 is 10.6 Å². The number of carbonyl (C=O) groups excluding carboxylic acids is 2. The highest BCUT2D eigenvalue weighted by Gasteiger charge is 2.22. The van der Waals surface area contributed by atoms with Crippen LogP contribution in [0.25, 0.3) is 0 Å². The fraction of sp³-hybridized carbons (Fsp3) is 0.654. The molecule has 3 rings (SSSR count). The smallest absolute Gasteiger partial charge is 0.408 e. The molecular weight excluding hydrogens is 436 g/mol. The molecule has 0 heterocycles. The van der Waals surface area contributed by atoms with Crippen molar-refractivity contribution in [2.24, 2.45) is 0 Å². The molecule has 1 unspecified atom stereocenters. The van der Waals surface area contributed by atoms with Gasteiger partial charge in [-0.1, -0.05) is 68.9 Å². The number of rotatable bonds is 9. The number of methoxy groups -OCH3 is 1. The topological polar surface area (TPSA) is 114 Å². The second-order valence-electron chi connectivity index (χ2n) is 9.05. The zero-order valence-corrected chi connectivity index (χ0v) is 20.3. The third kappa shape index (κ3) is 11.5. The van der Waals surface area contributed by atoms with Crippen molar-refractivity contribution in [1.29, 1.82) is 0 Å². The Bertz CT molecular complexity index is 714. The Labute approximate surface area is 202 Å². The zero-order chi connectivity index (χ0) is 24.6. The van der Waals surface area contributed by atoms with Crippen LogP contribution in [0.4, 0.5) is 4.79 Å². The highest BCUT2D eigenvalue weighted by molar-refractivity contribution is 5.80. The number of carbonyl (C=O) groups is 3. The highest BCUT2D eigenvalue weighted by atomic mass is 16.5. The normalized spacial score (nSPS) is 17.6. The van der Waals surface area contributed by atoms with E-state index >= 15 is 0 Å². The van der Waals surface area contributed by atoms with Gasteiger partial charge in [0.15, 0.2) is 0 Å². The fourth-order valence-electron chi connectivity index (χ4n) is 4.40. The van der Waals surface area contributed by atoms with Gasteiger partial charge in [0.05, 0.1) is 7.11 Å². The minimum absolute atomic E-state index is 0.0377. The Hall–Kier alpha value is -2.61. The summed E-state index contributed by atoms with van der Waals surface area (Å²) in [7, 11) is 1.21. The van der Waals surface area contributed by atoms with Crippen molar-refractivity contribution in [3.05, 3.63) is 35.9 Å². The lowest BCUT2D eigenvalue weighted by atomic mass is 9.91. The van der Waals surface area contributed by atoms with Gasteiger partial charge in [-0.25, -0.2) is 9.59 Å². The van der Waals surface area contributed by atoms with E-state index in [1.165, 1.54) is 71.3 Å². The maximum absolute atomic E-state index is 11.5. The van der Waals surface area contributed by atoms with Gasteiger partial charge in [-0.05, 0) is 37.7 Å². The molecule has 0 bridgehead atoms. The molecule has 2 aliphatic rings. The first-order valence-electron chi connectivity index (χ1n) is 12.5. The van der Waals surface area contributed by atoms with Gasteiger partial charge in [-0.3, -0.25) is 4.79 Å². The first-order chi connectivity index (χ1) is 16.5. The lowest BCUT2D eigenvalue weighted by Crippen LogP contribution is -2.41. The molecule has 34 heavy (non-hydrogen) atoms. The molecule has 8 nitrogen and oxygen atoms in total. The quantitative estimate of drug-likeness (QED) is 0.448. The molecule has 0 spiro atoms. The number of hydrogen-bond donors (Lipinski definition) is 3. The molecule has 2 fully saturated rings. The van der Waals surface area contributed by atoms with Crippen LogP contribution in [-0.4, -0.2) is 48.4 Å². The second-order valence-corrected chi connectivity index (χ2v) is 9.05. The van der Waals surface area contributed by atoms with Crippen LogP contribution in [0.2, 0.25) is 0 Å². The molecule has 0 aliphatic heterocycles. The molecule has 0 saturated heterocycles. The Kier molecular flexibility index (Phi) is 13.1. The predicted octanol–water partition coefficient (Wildman–Crippen LogP) is 4.56. The van der Waals surface area contributed by atoms with E-state index < -0.39 is 24.1 Å². The van der Waals surface area contributed by atoms with Crippen molar-refractivity contribution in [2.45, 2.75) is 102 Å². The van der Waals surface area contributed by atoms with Crippen LogP contribution in [0.15, 0.2) is 30.3 Å². The summed E-state index contributed by atoms with van der Waals surface area (Å²) in [6, 6.07) is 9.52. The SMILES string of the molecule is C1CCC(NC2CCCCC2)CC1.COC(=O)CCC(NC(=O)OCc1ccccc1)C(=O)O. The van der Waals surface area contributed by atoms with E-state index in [2.05, 4.69) is 15.4 Å². The summed E-state index contributed by atoms with van der Waals surface area (Å²) >= 11 is 0. The van der Waals surface area contributed by atoms with Crippen LogP contribution in [0, 0.1) is 0 Å². The van der Waals surface area contributed by atoms with Crippen LogP contribution in [-0.2, 0) is 25.7 Å². The summed E-state index contributed by atoms with van der Waals surface area (Å²) in [5.74, 6) is -1.78. The van der Waals surface area contributed by atoms with Crippen LogP contribution in [0.3, 0.4) is 0 Å². The molecule has 0 radical (unpaired) electrons. The molecule has 1 atom stereocenters. The predicted molar refractivity (Wildman–Crippen MR) is 129 cm³/mol. The molecule has 1 aromatic rings. The summed E-state index contributed by atoms with van der Waals surface area (Å²) in [5, 5.41) is 15.0. The van der Waals surface area contributed by atoms with E-state index in [9.17, 15) is 14.4 Å². The van der Waals surface area contributed by atoms with Gasteiger partial charge in [0.1, 0.15) is 12.6 Å². The standard InChI is InChI=1S/C14H17NO6.C12H23N/c1-20-12(16)8-7-11(13(17)18)15-14(19)21-9-10-5-3-2-4-6-10;1-3-7-11(8-4-1)13-12-9-5-2-6-10-12/h2-6,11H,7-9H2,1H3,(H,15,19)(H,17,18);11-13H,1-10H2. The Balaban J connectivity index is 0.000000266. The molecule has 3 N–H and O–H groups in total. The summed E-state index contributed by atoms with van der Waals surface area (Å²) in [6.45, 7) is 0.0377. The van der Waals surface area contributed by atoms with E-state index in [4.69, 9.17) is 9.84 Å². The number of benzene rings is 1. The number of hydrogen-bond acceptors (Lipinski definition) is 6. The average molecular weight is 477 g/mol. The minimum Gasteiger partial charge on any atom is -0.480 e. The van der Waals surface area contributed by atoms with Gasteiger partial charge in [0, 0.05) is 18.5 Å². The van der Waals surface area contributed by atoms with E-state index in [1.807, 2.05) is 6.07 Å². The molecule has 1 amide bonds. The van der Waals surface area contributed by atoms with Gasteiger partial charge in [-0.2, -0.15) is 0 Å². The largest absolute Gasteiger partial charge is 0.480 e. The van der Waals surface area contributed by atoms with Gasteiger partial charge in [0.25, 0.3) is 0 Å². The summed E-state index contributed by atoms with van der Waals surface area (Å²) < 4.78 is 9.33. The number of carboxylic acids is 1. The average Bonchev–Trinajstić information content (AvgIpc) is 2.87. The lowest BCUT2D eigenvalue weighted by molar-refractivity contribution is -0.142. The number of esters is 1. The number of carboxylic acid groups (broad SMARTS) is 1. The molecule has 2 saturated carbocycles. The summed E-state index contributed by atoms with van der Waals surface area (Å²) in [6.07, 6.45) is 13.5. The zero-order valence-electron chi connectivity index (χ0n) is 20.3. The number of ether oxygens (including phenoxy) is 2. The molecular formula is C26H40N2O6. The van der Waals surface area contributed by atoms with Crippen molar-refractivity contribution in [2.75, 3.05) is 7.11 Å². The fourth-order valence-corrected chi connectivity index (χ4v) is 4.40. The number of amides is 1. The molecule has 2 aliphatic carbocycles. The Morgan fingerprint density at radius 2 is 1.50 bits per heavy atom. The van der Waals surface area contributed by atoms with Gasteiger partial charge in [-0.15, -0.1) is 0 Å². The highest BCUT2D eigenvalue weighted by Crippen LogP contribution is 2.22. The number of aliphatic carboxylic acids is 1. The van der Waals surface area contributed by atoms with Crippen molar-refractivity contribution in [3.63, 3.8) is 0 Å². The Morgan fingerprint density at radius 3 is 2.00 bits per heavy atom. The van der Waals surface area contributed by atoms with Crippen molar-refractivity contribution < 1.29 is 29.0 Å². The van der Waals surface area contributed by atoms with Gasteiger partial charge < -0.3 is 25.2 Å².